The van der Waals surface area contributed by atoms with Gasteiger partial charge >= 0.3 is 0 Å². The zero-order valence-corrected chi connectivity index (χ0v) is 14.5. The Morgan fingerprint density at radius 2 is 1.52 bits per heavy atom. The van der Waals surface area contributed by atoms with Crippen LogP contribution in [0.2, 0.25) is 0 Å². The molecule has 6 nitrogen and oxygen atoms in total. The summed E-state index contributed by atoms with van der Waals surface area (Å²) in [7, 11) is -7.46. The van der Waals surface area contributed by atoms with Gasteiger partial charge in [-0.3, -0.25) is 4.72 Å². The van der Waals surface area contributed by atoms with Crippen molar-refractivity contribution in [2.24, 2.45) is 0 Å². The van der Waals surface area contributed by atoms with E-state index in [9.17, 15) is 16.8 Å². The summed E-state index contributed by atoms with van der Waals surface area (Å²) in [6, 6.07) is 15.7. The monoisotopic (exact) mass is 374 g/mol. The van der Waals surface area contributed by atoms with Gasteiger partial charge in [-0.05, 0) is 35.9 Å². The second-order valence-electron chi connectivity index (χ2n) is 4.86. The molecule has 128 valence electrons. The Labute approximate surface area is 146 Å². The zero-order valence-electron chi connectivity index (χ0n) is 12.9. The topological polar surface area (TPSA) is 104 Å². The average molecular weight is 374 g/mol. The van der Waals surface area contributed by atoms with E-state index in [0.717, 1.165) is 22.5 Å². The summed E-state index contributed by atoms with van der Waals surface area (Å²) in [5, 5.41) is 10.2. The number of rotatable bonds is 6. The fourth-order valence-electron chi connectivity index (χ4n) is 1.84. The molecule has 0 fully saturated rings. The molecule has 2 aromatic carbocycles. The van der Waals surface area contributed by atoms with Crippen LogP contribution in [0.5, 0.6) is 0 Å². The number of nitrogens with zero attached hydrogens (tertiary/aromatic N) is 1. The van der Waals surface area contributed by atoms with E-state index >= 15 is 0 Å². The van der Waals surface area contributed by atoms with Gasteiger partial charge in [-0.1, -0.05) is 30.3 Å². The third kappa shape index (κ3) is 5.60. The van der Waals surface area contributed by atoms with Crippen LogP contribution >= 0.6 is 0 Å². The van der Waals surface area contributed by atoms with Gasteiger partial charge in [0.2, 0.25) is 9.84 Å². The standard InChI is InChI=1S/C17H14N2O4S2/c18-12-4-13-24(20,21)17-9-7-16(8-10-17)19-25(22,23)14-11-15-5-2-1-3-6-15/h1-11,13-14,19H. The fourth-order valence-corrected chi connectivity index (χ4v) is 3.62. The normalized spacial score (nSPS) is 12.3. The van der Waals surface area contributed by atoms with Gasteiger partial charge in [-0.2, -0.15) is 5.26 Å². The van der Waals surface area contributed by atoms with Crippen molar-refractivity contribution in [2.45, 2.75) is 4.90 Å². The highest BCUT2D eigenvalue weighted by Gasteiger charge is 2.11. The summed E-state index contributed by atoms with van der Waals surface area (Å²) in [4.78, 5) is -0.0400. The number of allylic oxidation sites excluding steroid dienone is 1. The molecule has 8 heteroatoms. The van der Waals surface area contributed by atoms with E-state index in [-0.39, 0.29) is 10.6 Å². The molecule has 0 atom stereocenters. The van der Waals surface area contributed by atoms with Gasteiger partial charge in [0.15, 0.2) is 0 Å². The summed E-state index contributed by atoms with van der Waals surface area (Å²) < 4.78 is 50.1. The Morgan fingerprint density at radius 3 is 2.12 bits per heavy atom. The smallest absolute Gasteiger partial charge is 0.255 e. The van der Waals surface area contributed by atoms with Gasteiger partial charge in [0, 0.05) is 17.2 Å². The van der Waals surface area contributed by atoms with Crippen LogP contribution in [0, 0.1) is 11.3 Å². The first-order valence-electron chi connectivity index (χ1n) is 7.00. The molecular weight excluding hydrogens is 360 g/mol. The molecule has 0 saturated heterocycles. The van der Waals surface area contributed by atoms with Crippen molar-refractivity contribution in [1.29, 1.82) is 5.26 Å². The average Bonchev–Trinajstić information content (AvgIpc) is 2.59. The van der Waals surface area contributed by atoms with E-state index in [4.69, 9.17) is 5.26 Å². The molecule has 2 rings (SSSR count). The highest BCUT2D eigenvalue weighted by atomic mass is 32.2. The summed E-state index contributed by atoms with van der Waals surface area (Å²) >= 11 is 0. The lowest BCUT2D eigenvalue weighted by Gasteiger charge is -2.05. The highest BCUT2D eigenvalue weighted by molar-refractivity contribution is 7.95. The maximum Gasteiger partial charge on any atom is 0.255 e. The molecule has 0 bridgehead atoms. The van der Waals surface area contributed by atoms with E-state index in [2.05, 4.69) is 4.72 Å². The lowest BCUT2D eigenvalue weighted by atomic mass is 10.2. The van der Waals surface area contributed by atoms with Crippen molar-refractivity contribution >= 4 is 31.6 Å². The highest BCUT2D eigenvalue weighted by Crippen LogP contribution is 2.17. The molecule has 0 spiro atoms. The van der Waals surface area contributed by atoms with Gasteiger partial charge < -0.3 is 0 Å². The van der Waals surface area contributed by atoms with E-state index in [1.54, 1.807) is 30.3 Å². The minimum atomic E-state index is -3.73. The molecule has 0 amide bonds. The van der Waals surface area contributed by atoms with Crippen molar-refractivity contribution in [3.8, 4) is 6.07 Å². The number of benzene rings is 2. The van der Waals surface area contributed by atoms with E-state index in [1.807, 2.05) is 6.07 Å². The predicted molar refractivity (Wildman–Crippen MR) is 96.4 cm³/mol. The minimum Gasteiger partial charge on any atom is -0.280 e. The van der Waals surface area contributed by atoms with Crippen molar-refractivity contribution in [1.82, 2.24) is 0 Å². The molecule has 0 aliphatic heterocycles. The molecule has 0 unspecified atom stereocenters. The zero-order chi connectivity index (χ0) is 18.3. The fraction of sp³-hybridized carbons (Fsp3) is 0. The van der Waals surface area contributed by atoms with Crippen LogP contribution in [0.15, 0.2) is 76.4 Å². The number of nitriles is 1. The van der Waals surface area contributed by atoms with Crippen molar-refractivity contribution in [3.63, 3.8) is 0 Å². The third-order valence-corrected chi connectivity index (χ3v) is 5.44. The molecule has 25 heavy (non-hydrogen) atoms. The lowest BCUT2D eigenvalue weighted by molar-refractivity contribution is 0.604. The first-order chi connectivity index (χ1) is 11.8. The molecule has 0 radical (unpaired) electrons. The number of sulfonamides is 1. The first kappa shape index (κ1) is 18.4. The predicted octanol–water partition coefficient (Wildman–Crippen LogP) is 2.91. The van der Waals surface area contributed by atoms with Gasteiger partial charge in [0.1, 0.15) is 0 Å². The quantitative estimate of drug-likeness (QED) is 0.783. The molecule has 0 saturated carbocycles. The number of anilines is 1. The lowest BCUT2D eigenvalue weighted by Crippen LogP contribution is -2.09. The molecule has 0 aliphatic rings. The summed E-state index contributed by atoms with van der Waals surface area (Å²) in [6.45, 7) is 0. The van der Waals surface area contributed by atoms with Crippen molar-refractivity contribution in [3.05, 3.63) is 77.1 Å². The second kappa shape index (κ2) is 7.79. The molecule has 2 aromatic rings. The van der Waals surface area contributed by atoms with E-state index in [1.165, 1.54) is 30.3 Å². The SMILES string of the molecule is N#CC=CS(=O)(=O)c1ccc(NS(=O)(=O)C=Cc2ccccc2)cc1. The largest absolute Gasteiger partial charge is 0.280 e. The van der Waals surface area contributed by atoms with Crippen LogP contribution in [0.4, 0.5) is 5.69 Å². The summed E-state index contributed by atoms with van der Waals surface area (Å²) in [5.74, 6) is 0. The maximum absolute atomic E-state index is 12.0. The van der Waals surface area contributed by atoms with Gasteiger partial charge in [0.25, 0.3) is 10.0 Å². The van der Waals surface area contributed by atoms with Crippen LogP contribution in [0.1, 0.15) is 5.56 Å². The number of nitrogens with one attached hydrogen (secondary N) is 1. The Morgan fingerprint density at radius 1 is 0.880 bits per heavy atom. The second-order valence-corrected chi connectivity index (χ2v) is 8.26. The van der Waals surface area contributed by atoms with Crippen molar-refractivity contribution < 1.29 is 16.8 Å². The van der Waals surface area contributed by atoms with Gasteiger partial charge in [0.05, 0.1) is 16.4 Å². The van der Waals surface area contributed by atoms with Crippen LogP contribution in [0.25, 0.3) is 6.08 Å². The van der Waals surface area contributed by atoms with Crippen LogP contribution in [-0.2, 0) is 19.9 Å². The van der Waals surface area contributed by atoms with E-state index in [0.29, 0.717) is 0 Å². The third-order valence-electron chi connectivity index (χ3n) is 3.00. The Bertz CT molecular complexity index is 1030. The molecule has 0 aromatic heterocycles. The number of hydrogen-bond acceptors (Lipinski definition) is 5. The number of hydrogen-bond donors (Lipinski definition) is 1. The van der Waals surface area contributed by atoms with Crippen molar-refractivity contribution in [2.75, 3.05) is 4.72 Å². The molecule has 1 N–H and O–H groups in total. The Balaban J connectivity index is 2.14. The molecule has 0 heterocycles. The molecular formula is C17H14N2O4S2. The van der Waals surface area contributed by atoms with E-state index < -0.39 is 19.9 Å². The van der Waals surface area contributed by atoms with Gasteiger partial charge in [-0.15, -0.1) is 0 Å². The first-order valence-corrected chi connectivity index (χ1v) is 10.1. The Kier molecular flexibility index (Phi) is 5.75. The summed E-state index contributed by atoms with van der Waals surface area (Å²) in [5.41, 5.74) is 0.958. The van der Waals surface area contributed by atoms with Gasteiger partial charge in [-0.25, -0.2) is 16.8 Å². The minimum absolute atomic E-state index is 0.0400. The number of sulfone groups is 1. The summed E-state index contributed by atoms with van der Waals surface area (Å²) in [6.07, 6.45) is 2.31. The Hall–Kier alpha value is -2.89. The van der Waals surface area contributed by atoms with Crippen LogP contribution < -0.4 is 4.72 Å². The maximum atomic E-state index is 12.0. The van der Waals surface area contributed by atoms with Crippen LogP contribution in [-0.4, -0.2) is 16.8 Å². The van der Waals surface area contributed by atoms with Crippen LogP contribution in [0.3, 0.4) is 0 Å². The molecule has 0 aliphatic carbocycles.